The third kappa shape index (κ3) is 7.74. The van der Waals surface area contributed by atoms with Gasteiger partial charge in [0.1, 0.15) is 0 Å². The molecule has 13 heavy (non-hydrogen) atoms. The van der Waals surface area contributed by atoms with Crippen LogP contribution in [0, 0.1) is 5.92 Å². The molecular formula is C9H19NO3. The lowest BCUT2D eigenvalue weighted by Crippen LogP contribution is -2.27. The third-order valence-electron chi connectivity index (χ3n) is 1.87. The second kappa shape index (κ2) is 6.86. The van der Waals surface area contributed by atoms with Gasteiger partial charge in [0, 0.05) is 19.6 Å². The van der Waals surface area contributed by atoms with Gasteiger partial charge in [-0.25, -0.2) is 0 Å². The highest BCUT2D eigenvalue weighted by Crippen LogP contribution is 1.98. The molecule has 4 nitrogen and oxygen atoms in total. The van der Waals surface area contributed by atoms with Gasteiger partial charge in [0.05, 0.1) is 0 Å². The predicted octanol–water partition coefficient (Wildman–Crippen LogP) is 0.411. The summed E-state index contributed by atoms with van der Waals surface area (Å²) in [5.74, 6) is -0.488. The Kier molecular flexibility index (Phi) is 6.54. The van der Waals surface area contributed by atoms with Gasteiger partial charge >= 0.3 is 5.97 Å². The van der Waals surface area contributed by atoms with Gasteiger partial charge in [0.15, 0.2) is 0 Å². The molecule has 78 valence electrons. The number of carbonyl (C=O) groups is 1. The Balaban J connectivity index is 3.39. The first-order valence-corrected chi connectivity index (χ1v) is 4.57. The number of rotatable bonds is 7. The van der Waals surface area contributed by atoms with Gasteiger partial charge in [-0.05, 0) is 25.9 Å². The molecule has 0 heterocycles. The monoisotopic (exact) mass is 189 g/mol. The third-order valence-corrected chi connectivity index (χ3v) is 1.87. The smallest absolute Gasteiger partial charge is 0.303 e. The van der Waals surface area contributed by atoms with Gasteiger partial charge in [-0.1, -0.05) is 6.92 Å². The molecule has 0 radical (unpaired) electrons. The number of aliphatic hydroxyl groups excluding tert-OH is 1. The van der Waals surface area contributed by atoms with E-state index in [1.54, 1.807) is 0 Å². The maximum absolute atomic E-state index is 10.2. The standard InChI is InChI=1S/C9H19NO3/c1-8(7-11)6-10(2)5-3-4-9(12)13/h8,11H,3-7H2,1-2H3,(H,12,13). The first-order valence-electron chi connectivity index (χ1n) is 4.57. The van der Waals surface area contributed by atoms with E-state index in [0.717, 1.165) is 13.1 Å². The van der Waals surface area contributed by atoms with E-state index in [0.29, 0.717) is 6.42 Å². The fourth-order valence-corrected chi connectivity index (χ4v) is 1.18. The van der Waals surface area contributed by atoms with E-state index < -0.39 is 5.97 Å². The van der Waals surface area contributed by atoms with Crippen LogP contribution in [0.4, 0.5) is 0 Å². The summed E-state index contributed by atoms with van der Waals surface area (Å²) >= 11 is 0. The SMILES string of the molecule is CC(CO)CN(C)CCCC(=O)O. The van der Waals surface area contributed by atoms with Gasteiger partial charge in [0.25, 0.3) is 0 Å². The first-order chi connectivity index (χ1) is 6.06. The Hall–Kier alpha value is -0.610. The van der Waals surface area contributed by atoms with E-state index in [4.69, 9.17) is 10.2 Å². The van der Waals surface area contributed by atoms with Crippen molar-refractivity contribution in [1.82, 2.24) is 4.90 Å². The largest absolute Gasteiger partial charge is 0.481 e. The number of hydrogen-bond donors (Lipinski definition) is 2. The predicted molar refractivity (Wildman–Crippen MR) is 50.6 cm³/mol. The van der Waals surface area contributed by atoms with E-state index >= 15 is 0 Å². The Morgan fingerprint density at radius 3 is 2.62 bits per heavy atom. The lowest BCUT2D eigenvalue weighted by molar-refractivity contribution is -0.137. The summed E-state index contributed by atoms with van der Waals surface area (Å²) in [6.07, 6.45) is 0.891. The van der Waals surface area contributed by atoms with Gasteiger partial charge < -0.3 is 15.1 Å². The first kappa shape index (κ1) is 12.4. The number of carboxylic acid groups (broad SMARTS) is 1. The Morgan fingerprint density at radius 2 is 2.15 bits per heavy atom. The summed E-state index contributed by atoms with van der Waals surface area (Å²) in [7, 11) is 1.94. The average molecular weight is 189 g/mol. The zero-order valence-electron chi connectivity index (χ0n) is 8.36. The van der Waals surface area contributed by atoms with E-state index in [9.17, 15) is 4.79 Å². The molecule has 0 aliphatic heterocycles. The van der Waals surface area contributed by atoms with Gasteiger partial charge in [-0.2, -0.15) is 0 Å². The van der Waals surface area contributed by atoms with Crippen molar-refractivity contribution in [3.8, 4) is 0 Å². The molecule has 0 spiro atoms. The Labute approximate surface area is 79.2 Å². The molecule has 0 bridgehead atoms. The van der Waals surface area contributed by atoms with Crippen LogP contribution in [0.3, 0.4) is 0 Å². The molecule has 2 N–H and O–H groups in total. The van der Waals surface area contributed by atoms with Crippen LogP contribution < -0.4 is 0 Å². The normalized spacial score (nSPS) is 13.2. The van der Waals surface area contributed by atoms with Crippen LogP contribution in [-0.2, 0) is 4.79 Å². The Morgan fingerprint density at radius 1 is 1.54 bits per heavy atom. The molecular weight excluding hydrogens is 170 g/mol. The summed E-state index contributed by atoms with van der Waals surface area (Å²) in [5, 5.41) is 17.2. The summed E-state index contributed by atoms with van der Waals surface area (Å²) in [6, 6.07) is 0. The molecule has 0 amide bonds. The summed E-state index contributed by atoms with van der Waals surface area (Å²) in [4.78, 5) is 12.2. The highest BCUT2D eigenvalue weighted by molar-refractivity contribution is 5.66. The molecule has 0 aromatic rings. The number of nitrogens with zero attached hydrogens (tertiary/aromatic N) is 1. The van der Waals surface area contributed by atoms with Gasteiger partial charge in [-0.15, -0.1) is 0 Å². The number of hydrogen-bond acceptors (Lipinski definition) is 3. The van der Waals surface area contributed by atoms with Crippen LogP contribution in [0.25, 0.3) is 0 Å². The van der Waals surface area contributed by atoms with Crippen LogP contribution in [0.1, 0.15) is 19.8 Å². The van der Waals surface area contributed by atoms with E-state index in [1.165, 1.54) is 0 Å². The number of carboxylic acids is 1. The minimum atomic E-state index is -0.747. The summed E-state index contributed by atoms with van der Waals surface area (Å²) in [6.45, 7) is 3.74. The quantitative estimate of drug-likeness (QED) is 0.609. The van der Waals surface area contributed by atoms with Crippen molar-refractivity contribution in [2.45, 2.75) is 19.8 Å². The van der Waals surface area contributed by atoms with Gasteiger partial charge in [0.2, 0.25) is 0 Å². The maximum Gasteiger partial charge on any atom is 0.303 e. The van der Waals surface area contributed by atoms with Crippen molar-refractivity contribution in [3.05, 3.63) is 0 Å². The molecule has 1 atom stereocenters. The minimum absolute atomic E-state index is 0.184. The van der Waals surface area contributed by atoms with Crippen molar-refractivity contribution in [2.24, 2.45) is 5.92 Å². The van der Waals surface area contributed by atoms with Crippen LogP contribution >= 0.6 is 0 Å². The zero-order valence-corrected chi connectivity index (χ0v) is 8.36. The molecule has 4 heteroatoms. The molecule has 0 rings (SSSR count). The number of aliphatic hydroxyl groups is 1. The molecule has 0 aliphatic rings. The second-order valence-corrected chi connectivity index (χ2v) is 3.55. The van der Waals surface area contributed by atoms with Crippen molar-refractivity contribution in [1.29, 1.82) is 0 Å². The van der Waals surface area contributed by atoms with E-state index in [2.05, 4.69) is 0 Å². The van der Waals surface area contributed by atoms with Crippen molar-refractivity contribution >= 4 is 5.97 Å². The summed E-state index contributed by atoms with van der Waals surface area (Å²) < 4.78 is 0. The topological polar surface area (TPSA) is 60.8 Å². The van der Waals surface area contributed by atoms with E-state index in [-0.39, 0.29) is 18.9 Å². The van der Waals surface area contributed by atoms with Crippen LogP contribution in [-0.4, -0.2) is 47.8 Å². The van der Waals surface area contributed by atoms with Crippen LogP contribution in [0.5, 0.6) is 0 Å². The highest BCUT2D eigenvalue weighted by Gasteiger charge is 2.05. The van der Waals surface area contributed by atoms with Crippen molar-refractivity contribution < 1.29 is 15.0 Å². The van der Waals surface area contributed by atoms with E-state index in [1.807, 2.05) is 18.9 Å². The average Bonchev–Trinajstić information content (AvgIpc) is 2.03. The molecule has 0 aliphatic carbocycles. The highest BCUT2D eigenvalue weighted by atomic mass is 16.4. The molecule has 0 saturated carbocycles. The second-order valence-electron chi connectivity index (χ2n) is 3.55. The zero-order chi connectivity index (χ0) is 10.3. The molecule has 0 fully saturated rings. The minimum Gasteiger partial charge on any atom is -0.481 e. The molecule has 0 aromatic carbocycles. The fraction of sp³-hybridized carbons (Fsp3) is 0.889. The van der Waals surface area contributed by atoms with Gasteiger partial charge in [-0.3, -0.25) is 4.79 Å². The molecule has 1 unspecified atom stereocenters. The van der Waals surface area contributed by atoms with Crippen LogP contribution in [0.2, 0.25) is 0 Å². The molecule has 0 saturated heterocycles. The summed E-state index contributed by atoms with van der Waals surface area (Å²) in [5.41, 5.74) is 0. The lowest BCUT2D eigenvalue weighted by atomic mass is 10.2. The van der Waals surface area contributed by atoms with Crippen LogP contribution in [0.15, 0.2) is 0 Å². The Bertz CT molecular complexity index is 150. The lowest BCUT2D eigenvalue weighted by Gasteiger charge is -2.19. The van der Waals surface area contributed by atoms with Crippen molar-refractivity contribution in [2.75, 3.05) is 26.7 Å². The van der Waals surface area contributed by atoms with Crippen molar-refractivity contribution in [3.63, 3.8) is 0 Å². The fourth-order valence-electron chi connectivity index (χ4n) is 1.18. The number of aliphatic carboxylic acids is 1. The molecule has 0 aromatic heterocycles. The maximum atomic E-state index is 10.2.